The molecule has 2 aromatic rings. The van der Waals surface area contributed by atoms with E-state index < -0.39 is 35.1 Å². The number of aliphatic hydroxyl groups is 1. The second kappa shape index (κ2) is 15.2. The molecule has 1 saturated heterocycles. The molecule has 3 atom stereocenters. The summed E-state index contributed by atoms with van der Waals surface area (Å²) >= 11 is 11.9. The fraction of sp³-hybridized carbons (Fsp3) is 0.400. The summed E-state index contributed by atoms with van der Waals surface area (Å²) in [5, 5.41) is 10.7. The van der Waals surface area contributed by atoms with Crippen molar-refractivity contribution in [1.82, 2.24) is 9.91 Å². The Kier molecular flexibility index (Phi) is 13.0. The summed E-state index contributed by atoms with van der Waals surface area (Å²) in [6.45, 7) is 2.21. The molecule has 0 radical (unpaired) electrons. The topological polar surface area (TPSA) is 114 Å². The number of carbonyl (C=O) groups excluding carboxylic acids is 1. The first kappa shape index (κ1) is 34.9. The van der Waals surface area contributed by atoms with E-state index in [4.69, 9.17) is 39.5 Å². The van der Waals surface area contributed by atoms with Crippen LogP contribution in [0.5, 0.6) is 0 Å². The van der Waals surface area contributed by atoms with Gasteiger partial charge in [-0.3, -0.25) is 9.53 Å². The molecular weight excluding hydrogens is 618 g/mol. The molecule has 1 aliphatic heterocycles. The van der Waals surface area contributed by atoms with Crippen molar-refractivity contribution in [2.75, 3.05) is 33.9 Å². The molecule has 228 valence electrons. The van der Waals surface area contributed by atoms with Gasteiger partial charge in [-0.05, 0) is 37.3 Å². The third-order valence-electron chi connectivity index (χ3n) is 5.54. The van der Waals surface area contributed by atoms with Crippen LogP contribution in [-0.4, -0.2) is 72.7 Å². The number of amides is 1. The highest BCUT2D eigenvalue weighted by Crippen LogP contribution is 2.31. The van der Waals surface area contributed by atoms with E-state index >= 15 is 0 Å². The number of thioether (sulfide) groups is 1. The monoisotopic (exact) mass is 646 g/mol. The maximum Gasteiger partial charge on any atom is 0.522 e. The SMILES string of the molecule is CN(C)C(=O)c1ccc(Cl)cc1S[C@@H](O)COC(F)(F)F.C[C@H]1OCC1CN(N)/C=C(\N)c1cc(F)c(Cl)c(F)c1. The predicted molar refractivity (Wildman–Crippen MR) is 147 cm³/mol. The number of ether oxygens (including phenoxy) is 2. The van der Waals surface area contributed by atoms with E-state index in [0.717, 1.165) is 12.1 Å². The zero-order chi connectivity index (χ0) is 31.1. The molecule has 8 nitrogen and oxygen atoms in total. The Morgan fingerprint density at radius 3 is 2.34 bits per heavy atom. The third kappa shape index (κ3) is 11.1. The zero-order valence-corrected chi connectivity index (χ0v) is 24.4. The molecule has 41 heavy (non-hydrogen) atoms. The Labute approximate surface area is 247 Å². The van der Waals surface area contributed by atoms with Gasteiger partial charge in [-0.2, -0.15) is 0 Å². The minimum absolute atomic E-state index is 0.154. The number of nitrogens with zero attached hydrogens (tertiary/aromatic N) is 2. The number of hydrogen-bond donors (Lipinski definition) is 3. The van der Waals surface area contributed by atoms with Crippen molar-refractivity contribution in [2.24, 2.45) is 17.5 Å². The minimum atomic E-state index is -4.82. The van der Waals surface area contributed by atoms with Crippen LogP contribution in [0.4, 0.5) is 22.0 Å². The van der Waals surface area contributed by atoms with Gasteiger partial charge in [0.15, 0.2) is 0 Å². The van der Waals surface area contributed by atoms with Gasteiger partial charge < -0.3 is 25.5 Å². The number of halogens is 7. The highest BCUT2D eigenvalue weighted by atomic mass is 35.5. The van der Waals surface area contributed by atoms with Crippen LogP contribution in [-0.2, 0) is 9.47 Å². The van der Waals surface area contributed by atoms with E-state index in [1.54, 1.807) is 0 Å². The number of hydrazine groups is 1. The maximum absolute atomic E-state index is 13.3. The van der Waals surface area contributed by atoms with Crippen LogP contribution in [0.25, 0.3) is 5.70 Å². The van der Waals surface area contributed by atoms with Gasteiger partial charge in [-0.25, -0.2) is 14.6 Å². The van der Waals surface area contributed by atoms with Crippen LogP contribution in [0.1, 0.15) is 22.8 Å². The average molecular weight is 647 g/mol. The molecule has 16 heteroatoms. The lowest BCUT2D eigenvalue weighted by Gasteiger charge is -2.36. The number of hydrogen-bond acceptors (Lipinski definition) is 8. The van der Waals surface area contributed by atoms with E-state index in [1.165, 1.54) is 48.4 Å². The molecule has 1 amide bonds. The lowest BCUT2D eigenvalue weighted by atomic mass is 9.99. The van der Waals surface area contributed by atoms with Gasteiger partial charge in [0.05, 0.1) is 30.6 Å². The number of benzene rings is 2. The second-order valence-electron chi connectivity index (χ2n) is 9.00. The summed E-state index contributed by atoms with van der Waals surface area (Å²) < 4.78 is 71.2. The van der Waals surface area contributed by atoms with Crippen LogP contribution in [0, 0.1) is 17.6 Å². The quantitative estimate of drug-likeness (QED) is 0.0864. The fourth-order valence-corrected chi connectivity index (χ4v) is 4.53. The van der Waals surface area contributed by atoms with Gasteiger partial charge in [0, 0.05) is 48.2 Å². The van der Waals surface area contributed by atoms with Crippen LogP contribution >= 0.6 is 35.0 Å². The van der Waals surface area contributed by atoms with Crippen molar-refractivity contribution < 1.29 is 41.3 Å². The molecule has 1 heterocycles. The van der Waals surface area contributed by atoms with Crippen molar-refractivity contribution in [3.8, 4) is 0 Å². The maximum atomic E-state index is 13.3. The largest absolute Gasteiger partial charge is 0.522 e. The fourth-order valence-electron chi connectivity index (χ4n) is 3.28. The zero-order valence-electron chi connectivity index (χ0n) is 22.1. The molecular formula is C25H29Cl2F5N4O4S. The van der Waals surface area contributed by atoms with Crippen molar-refractivity contribution >= 4 is 46.6 Å². The first-order chi connectivity index (χ1) is 19.0. The first-order valence-electron chi connectivity index (χ1n) is 11.8. The van der Waals surface area contributed by atoms with Gasteiger partial charge in [0.25, 0.3) is 5.91 Å². The van der Waals surface area contributed by atoms with E-state index in [9.17, 15) is 31.9 Å². The molecule has 1 fully saturated rings. The van der Waals surface area contributed by atoms with Crippen LogP contribution in [0.2, 0.25) is 10.0 Å². The standard InChI is InChI=1S/C13H16ClF2N3O.C12H13ClF3NO3S/c1-7-9(6-20-7)4-19(18)5-12(17)8-2-10(15)13(14)11(16)3-8;1-17(2)11(19)8-4-3-7(13)5-9(8)21-10(18)6-20-12(14,15)16/h2-3,5,7,9H,4,6,17-18H2,1H3;3-5,10,18H,6H2,1-2H3/b12-5-;/t7-,9?;10-/m11/s1. The lowest BCUT2D eigenvalue weighted by molar-refractivity contribution is -0.327. The number of rotatable bonds is 9. The van der Waals surface area contributed by atoms with E-state index in [1.807, 2.05) is 6.92 Å². The number of aliphatic hydroxyl groups excluding tert-OH is 1. The molecule has 0 bridgehead atoms. The summed E-state index contributed by atoms with van der Waals surface area (Å²) in [7, 11) is 3.07. The highest BCUT2D eigenvalue weighted by Gasteiger charge is 2.31. The Morgan fingerprint density at radius 2 is 1.85 bits per heavy atom. The summed E-state index contributed by atoms with van der Waals surface area (Å²) in [5.41, 5.74) is 4.89. The predicted octanol–water partition coefficient (Wildman–Crippen LogP) is 5.07. The Balaban J connectivity index is 0.000000287. The van der Waals surface area contributed by atoms with Gasteiger partial charge in [-0.15, -0.1) is 13.2 Å². The lowest BCUT2D eigenvalue weighted by Crippen LogP contribution is -2.46. The van der Waals surface area contributed by atoms with Crippen molar-refractivity contribution in [3.63, 3.8) is 0 Å². The molecule has 2 aromatic carbocycles. The van der Waals surface area contributed by atoms with Gasteiger partial charge in [0.2, 0.25) is 0 Å². The Morgan fingerprint density at radius 1 is 1.24 bits per heavy atom. The van der Waals surface area contributed by atoms with E-state index in [2.05, 4.69) is 4.74 Å². The summed E-state index contributed by atoms with van der Waals surface area (Å²) in [6, 6.07) is 6.48. The molecule has 0 spiro atoms. The normalized spacial score (nSPS) is 17.7. The van der Waals surface area contributed by atoms with Gasteiger partial charge >= 0.3 is 6.36 Å². The van der Waals surface area contributed by atoms with Gasteiger partial charge in [-0.1, -0.05) is 35.0 Å². The Bertz CT molecular complexity index is 1220. The summed E-state index contributed by atoms with van der Waals surface area (Å²) in [6.07, 6.45) is -3.23. The highest BCUT2D eigenvalue weighted by molar-refractivity contribution is 7.99. The number of alkyl halides is 3. The molecule has 5 N–H and O–H groups in total. The molecule has 1 aliphatic rings. The average Bonchev–Trinajstić information content (AvgIpc) is 2.87. The smallest absolute Gasteiger partial charge is 0.397 e. The molecule has 1 unspecified atom stereocenters. The molecule has 3 rings (SSSR count). The molecule has 0 aromatic heterocycles. The Hall–Kier alpha value is -2.33. The third-order valence-corrected chi connectivity index (χ3v) is 7.13. The number of nitrogens with two attached hydrogens (primary N) is 2. The first-order valence-corrected chi connectivity index (χ1v) is 13.4. The van der Waals surface area contributed by atoms with Crippen LogP contribution in [0.15, 0.2) is 41.4 Å². The summed E-state index contributed by atoms with van der Waals surface area (Å²) in [5.74, 6) is 4.05. The number of carbonyl (C=O) groups is 1. The van der Waals surface area contributed by atoms with E-state index in [0.29, 0.717) is 35.9 Å². The van der Waals surface area contributed by atoms with Crippen molar-refractivity contribution in [2.45, 2.75) is 29.7 Å². The second-order valence-corrected chi connectivity index (χ2v) is 11.0. The van der Waals surface area contributed by atoms with Crippen LogP contribution in [0.3, 0.4) is 0 Å². The molecule has 0 aliphatic carbocycles. The van der Waals surface area contributed by atoms with Crippen LogP contribution < -0.4 is 11.6 Å². The summed E-state index contributed by atoms with van der Waals surface area (Å²) in [4.78, 5) is 13.5. The van der Waals surface area contributed by atoms with E-state index in [-0.39, 0.29) is 33.7 Å². The van der Waals surface area contributed by atoms with Crippen molar-refractivity contribution in [3.05, 3.63) is 69.3 Å². The van der Waals surface area contributed by atoms with Gasteiger partial charge in [0.1, 0.15) is 22.1 Å². The minimum Gasteiger partial charge on any atom is -0.397 e. The van der Waals surface area contributed by atoms with Crippen molar-refractivity contribution in [1.29, 1.82) is 0 Å². The molecule has 0 saturated carbocycles.